The SMILES string of the molecule is CCNC(=O)CONC(=O)Cc1ccc2ccccc2c1. The molecule has 0 aliphatic carbocycles. The lowest BCUT2D eigenvalue weighted by Crippen LogP contribution is -2.33. The van der Waals surface area contributed by atoms with Gasteiger partial charge in [-0.25, -0.2) is 5.48 Å². The molecular weight excluding hydrogens is 268 g/mol. The third kappa shape index (κ3) is 4.57. The van der Waals surface area contributed by atoms with Crippen molar-refractivity contribution < 1.29 is 14.4 Å². The van der Waals surface area contributed by atoms with Crippen LogP contribution in [0.15, 0.2) is 42.5 Å². The predicted molar refractivity (Wildman–Crippen MR) is 80.4 cm³/mol. The van der Waals surface area contributed by atoms with Crippen LogP contribution in [0.1, 0.15) is 12.5 Å². The van der Waals surface area contributed by atoms with E-state index in [1.165, 1.54) is 0 Å². The molecule has 5 heteroatoms. The molecule has 0 aromatic heterocycles. The first-order chi connectivity index (χ1) is 10.2. The summed E-state index contributed by atoms with van der Waals surface area (Å²) in [5.74, 6) is -0.543. The molecular formula is C16H18N2O3. The average Bonchev–Trinajstić information content (AvgIpc) is 2.47. The Balaban J connectivity index is 1.85. The van der Waals surface area contributed by atoms with E-state index in [9.17, 15) is 9.59 Å². The summed E-state index contributed by atoms with van der Waals surface area (Å²) in [5.41, 5.74) is 3.16. The fourth-order valence-corrected chi connectivity index (χ4v) is 2.00. The van der Waals surface area contributed by atoms with Gasteiger partial charge in [0.25, 0.3) is 0 Å². The summed E-state index contributed by atoms with van der Waals surface area (Å²) in [6.07, 6.45) is 0.209. The number of nitrogens with one attached hydrogen (secondary N) is 2. The molecule has 2 N–H and O–H groups in total. The highest BCUT2D eigenvalue weighted by atomic mass is 16.7. The molecule has 110 valence electrons. The number of amides is 2. The second kappa shape index (κ2) is 7.40. The van der Waals surface area contributed by atoms with Gasteiger partial charge < -0.3 is 5.32 Å². The summed E-state index contributed by atoms with van der Waals surface area (Å²) >= 11 is 0. The number of carbonyl (C=O) groups is 2. The van der Waals surface area contributed by atoms with Gasteiger partial charge in [-0.15, -0.1) is 0 Å². The van der Waals surface area contributed by atoms with Gasteiger partial charge in [0.1, 0.15) is 0 Å². The number of rotatable bonds is 6. The van der Waals surface area contributed by atoms with Crippen LogP contribution in [-0.4, -0.2) is 25.0 Å². The van der Waals surface area contributed by atoms with Crippen LogP contribution < -0.4 is 10.8 Å². The van der Waals surface area contributed by atoms with Crippen LogP contribution in [0.4, 0.5) is 0 Å². The highest BCUT2D eigenvalue weighted by Gasteiger charge is 2.06. The van der Waals surface area contributed by atoms with E-state index < -0.39 is 0 Å². The zero-order chi connectivity index (χ0) is 15.1. The normalized spacial score (nSPS) is 10.3. The van der Waals surface area contributed by atoms with Crippen LogP contribution in [0.3, 0.4) is 0 Å². The van der Waals surface area contributed by atoms with Crippen LogP contribution in [0.2, 0.25) is 0 Å². The van der Waals surface area contributed by atoms with Crippen molar-refractivity contribution in [3.63, 3.8) is 0 Å². The van der Waals surface area contributed by atoms with Gasteiger partial charge >= 0.3 is 0 Å². The van der Waals surface area contributed by atoms with E-state index in [0.717, 1.165) is 16.3 Å². The molecule has 0 fully saturated rings. The standard InChI is InChI=1S/C16H18N2O3/c1-2-17-16(20)11-21-18-15(19)10-12-7-8-13-5-3-4-6-14(13)9-12/h3-9H,2,10-11H2,1H3,(H,17,20)(H,18,19). The number of carbonyl (C=O) groups excluding carboxylic acids is 2. The summed E-state index contributed by atoms with van der Waals surface area (Å²) in [4.78, 5) is 27.7. The average molecular weight is 286 g/mol. The fraction of sp³-hybridized carbons (Fsp3) is 0.250. The summed E-state index contributed by atoms with van der Waals surface area (Å²) in [7, 11) is 0. The topological polar surface area (TPSA) is 67.4 Å². The number of hydrogen-bond donors (Lipinski definition) is 2. The Kier molecular flexibility index (Phi) is 5.29. The van der Waals surface area contributed by atoms with Gasteiger partial charge in [0, 0.05) is 6.54 Å². The minimum atomic E-state index is -0.283. The second-order valence-corrected chi connectivity index (χ2v) is 4.63. The second-order valence-electron chi connectivity index (χ2n) is 4.63. The quantitative estimate of drug-likeness (QED) is 0.792. The van der Waals surface area contributed by atoms with E-state index in [0.29, 0.717) is 6.54 Å². The van der Waals surface area contributed by atoms with Crippen molar-refractivity contribution in [2.45, 2.75) is 13.3 Å². The Bertz CT molecular complexity index is 640. The highest BCUT2D eigenvalue weighted by Crippen LogP contribution is 2.15. The smallest absolute Gasteiger partial charge is 0.248 e. The van der Waals surface area contributed by atoms with Gasteiger partial charge in [-0.2, -0.15) is 0 Å². The molecule has 0 saturated heterocycles. The number of likely N-dealkylation sites (N-methyl/N-ethyl adjacent to an activating group) is 1. The molecule has 21 heavy (non-hydrogen) atoms. The van der Waals surface area contributed by atoms with Crippen LogP contribution in [0.25, 0.3) is 10.8 Å². The maximum Gasteiger partial charge on any atom is 0.248 e. The molecule has 0 bridgehead atoms. The Morgan fingerprint density at radius 3 is 2.57 bits per heavy atom. The first-order valence-electron chi connectivity index (χ1n) is 6.84. The lowest BCUT2D eigenvalue weighted by atomic mass is 10.1. The third-order valence-corrected chi connectivity index (χ3v) is 2.94. The number of fused-ring (bicyclic) bond motifs is 1. The molecule has 2 aromatic rings. The van der Waals surface area contributed by atoms with Crippen LogP contribution >= 0.6 is 0 Å². The summed E-state index contributed by atoms with van der Waals surface area (Å²) in [6.45, 7) is 2.17. The first kappa shape index (κ1) is 15.0. The molecule has 5 nitrogen and oxygen atoms in total. The predicted octanol–water partition coefficient (Wildman–Crippen LogP) is 1.57. The lowest BCUT2D eigenvalue weighted by Gasteiger charge is -2.07. The highest BCUT2D eigenvalue weighted by molar-refractivity contribution is 5.85. The zero-order valence-electron chi connectivity index (χ0n) is 11.9. The van der Waals surface area contributed by atoms with E-state index in [4.69, 9.17) is 4.84 Å². The zero-order valence-corrected chi connectivity index (χ0v) is 11.9. The minimum absolute atomic E-state index is 0.183. The molecule has 0 atom stereocenters. The number of benzene rings is 2. The Labute approximate surface area is 123 Å². The van der Waals surface area contributed by atoms with Gasteiger partial charge in [-0.1, -0.05) is 42.5 Å². The van der Waals surface area contributed by atoms with E-state index in [1.807, 2.05) is 49.4 Å². The molecule has 2 aromatic carbocycles. The number of hydrogen-bond acceptors (Lipinski definition) is 3. The van der Waals surface area contributed by atoms with E-state index in [-0.39, 0.29) is 24.8 Å². The molecule has 0 heterocycles. The van der Waals surface area contributed by atoms with Crippen molar-refractivity contribution in [2.24, 2.45) is 0 Å². The Morgan fingerprint density at radius 2 is 1.81 bits per heavy atom. The lowest BCUT2D eigenvalue weighted by molar-refractivity contribution is -0.138. The first-order valence-corrected chi connectivity index (χ1v) is 6.84. The minimum Gasteiger partial charge on any atom is -0.354 e. The van der Waals surface area contributed by atoms with Crippen molar-refractivity contribution in [2.75, 3.05) is 13.2 Å². The molecule has 0 spiro atoms. The van der Waals surface area contributed by atoms with E-state index in [1.54, 1.807) is 0 Å². The molecule has 0 radical (unpaired) electrons. The van der Waals surface area contributed by atoms with Gasteiger partial charge in [-0.3, -0.25) is 14.4 Å². The van der Waals surface area contributed by atoms with Crippen LogP contribution in [0.5, 0.6) is 0 Å². The Morgan fingerprint density at radius 1 is 1.05 bits per heavy atom. The number of hydroxylamine groups is 1. The summed E-state index contributed by atoms with van der Waals surface area (Å²) in [5, 5.41) is 4.80. The van der Waals surface area contributed by atoms with Gasteiger partial charge in [0.15, 0.2) is 6.61 Å². The summed E-state index contributed by atoms with van der Waals surface area (Å²) in [6, 6.07) is 13.8. The van der Waals surface area contributed by atoms with Crippen LogP contribution in [0, 0.1) is 0 Å². The van der Waals surface area contributed by atoms with Crippen molar-refractivity contribution in [3.8, 4) is 0 Å². The molecule has 0 aliphatic rings. The largest absolute Gasteiger partial charge is 0.354 e. The van der Waals surface area contributed by atoms with Gasteiger partial charge in [0.05, 0.1) is 6.42 Å². The van der Waals surface area contributed by atoms with E-state index >= 15 is 0 Å². The Hall–Kier alpha value is -2.40. The fourth-order valence-electron chi connectivity index (χ4n) is 2.00. The van der Waals surface area contributed by atoms with Gasteiger partial charge in [0.2, 0.25) is 11.8 Å². The maximum atomic E-state index is 11.7. The van der Waals surface area contributed by atoms with Gasteiger partial charge in [-0.05, 0) is 23.3 Å². The van der Waals surface area contributed by atoms with Crippen molar-refractivity contribution in [1.82, 2.24) is 10.8 Å². The van der Waals surface area contributed by atoms with Crippen molar-refractivity contribution in [3.05, 3.63) is 48.0 Å². The molecule has 0 aliphatic heterocycles. The van der Waals surface area contributed by atoms with Crippen molar-refractivity contribution in [1.29, 1.82) is 0 Å². The van der Waals surface area contributed by atoms with Crippen molar-refractivity contribution >= 4 is 22.6 Å². The molecule has 2 amide bonds. The molecule has 2 rings (SSSR count). The van der Waals surface area contributed by atoms with Crippen LogP contribution in [-0.2, 0) is 20.8 Å². The summed E-state index contributed by atoms with van der Waals surface area (Å²) < 4.78 is 0. The monoisotopic (exact) mass is 286 g/mol. The maximum absolute atomic E-state index is 11.7. The third-order valence-electron chi connectivity index (χ3n) is 2.94. The molecule has 0 saturated carbocycles. The molecule has 0 unspecified atom stereocenters. The van der Waals surface area contributed by atoms with E-state index in [2.05, 4.69) is 10.8 Å².